The van der Waals surface area contributed by atoms with E-state index in [4.69, 9.17) is 17.3 Å². The van der Waals surface area contributed by atoms with Crippen LogP contribution in [0.5, 0.6) is 0 Å². The summed E-state index contributed by atoms with van der Waals surface area (Å²) in [5.74, 6) is -0.0511. The van der Waals surface area contributed by atoms with E-state index in [1.165, 1.54) is 16.4 Å². The Morgan fingerprint density at radius 2 is 1.90 bits per heavy atom. The third-order valence-electron chi connectivity index (χ3n) is 3.06. The van der Waals surface area contributed by atoms with Crippen LogP contribution in [0.3, 0.4) is 0 Å². The van der Waals surface area contributed by atoms with E-state index in [1.54, 1.807) is 4.90 Å². The molecule has 1 saturated heterocycles. The predicted octanol–water partition coefficient (Wildman–Crippen LogP) is 0.0346. The van der Waals surface area contributed by atoms with Crippen LogP contribution in [0, 0.1) is 0 Å². The lowest BCUT2D eigenvalue weighted by Crippen LogP contribution is -2.50. The molecular formula is C11H15ClN4O3S. The summed E-state index contributed by atoms with van der Waals surface area (Å²) in [5.41, 5.74) is 5.91. The number of hydrogen-bond donors (Lipinski definition) is 1. The number of pyridine rings is 1. The second-order valence-corrected chi connectivity index (χ2v) is 6.93. The number of nitrogens with zero attached hydrogens (tertiary/aromatic N) is 3. The minimum Gasteiger partial charge on any atom is -0.384 e. The smallest absolute Gasteiger partial charge is 0.254 e. The third-order valence-corrected chi connectivity index (χ3v) is 4.55. The zero-order chi connectivity index (χ0) is 14.9. The highest BCUT2D eigenvalue weighted by molar-refractivity contribution is 7.88. The molecule has 9 heteroatoms. The van der Waals surface area contributed by atoms with Gasteiger partial charge in [0.25, 0.3) is 5.91 Å². The number of carbonyl (C=O) groups excluding carboxylic acids is 1. The van der Waals surface area contributed by atoms with Gasteiger partial charge in [-0.1, -0.05) is 11.6 Å². The predicted molar refractivity (Wildman–Crippen MR) is 76.0 cm³/mol. The van der Waals surface area contributed by atoms with Crippen LogP contribution < -0.4 is 5.73 Å². The lowest BCUT2D eigenvalue weighted by atomic mass is 10.2. The summed E-state index contributed by atoms with van der Waals surface area (Å²) in [5, 5.41) is 0.156. The molecule has 0 saturated carbocycles. The van der Waals surface area contributed by atoms with E-state index in [0.29, 0.717) is 31.7 Å². The molecule has 2 N–H and O–H groups in total. The molecule has 0 radical (unpaired) electrons. The van der Waals surface area contributed by atoms with Crippen molar-refractivity contribution in [2.24, 2.45) is 0 Å². The average molecular weight is 319 g/mol. The van der Waals surface area contributed by atoms with Crippen LogP contribution in [-0.2, 0) is 10.0 Å². The summed E-state index contributed by atoms with van der Waals surface area (Å²) in [6, 6.07) is 2.90. The number of amides is 1. The SMILES string of the molecule is CS(=O)(=O)N1CCN(C(=O)c2cc(N)nc(Cl)c2)CC1. The lowest BCUT2D eigenvalue weighted by molar-refractivity contribution is 0.0698. The quantitative estimate of drug-likeness (QED) is 0.776. The molecule has 1 aromatic rings. The fourth-order valence-corrected chi connectivity index (χ4v) is 3.09. The van der Waals surface area contributed by atoms with Crippen molar-refractivity contribution in [3.05, 3.63) is 22.8 Å². The first-order valence-electron chi connectivity index (χ1n) is 5.95. The zero-order valence-corrected chi connectivity index (χ0v) is 12.5. The number of nitrogens with two attached hydrogens (primary N) is 1. The minimum atomic E-state index is -3.21. The number of anilines is 1. The van der Waals surface area contributed by atoms with Crippen molar-refractivity contribution in [3.63, 3.8) is 0 Å². The highest BCUT2D eigenvalue weighted by Gasteiger charge is 2.26. The van der Waals surface area contributed by atoms with Crippen LogP contribution in [-0.4, -0.2) is 60.9 Å². The van der Waals surface area contributed by atoms with Gasteiger partial charge in [-0.25, -0.2) is 13.4 Å². The second-order valence-electron chi connectivity index (χ2n) is 4.56. The number of rotatable bonds is 2. The maximum Gasteiger partial charge on any atom is 0.254 e. The molecule has 110 valence electrons. The minimum absolute atomic E-state index is 0.156. The molecule has 7 nitrogen and oxygen atoms in total. The van der Waals surface area contributed by atoms with Crippen molar-refractivity contribution in [1.29, 1.82) is 0 Å². The molecule has 0 bridgehead atoms. The third kappa shape index (κ3) is 3.38. The summed E-state index contributed by atoms with van der Waals surface area (Å²) in [4.78, 5) is 17.6. The topological polar surface area (TPSA) is 96.6 Å². The van der Waals surface area contributed by atoms with Gasteiger partial charge < -0.3 is 10.6 Å². The summed E-state index contributed by atoms with van der Waals surface area (Å²) < 4.78 is 24.2. The molecule has 0 unspecified atom stereocenters. The Morgan fingerprint density at radius 1 is 1.30 bits per heavy atom. The van der Waals surface area contributed by atoms with E-state index >= 15 is 0 Å². The molecule has 1 fully saturated rings. The maximum atomic E-state index is 12.3. The van der Waals surface area contributed by atoms with E-state index in [1.807, 2.05) is 0 Å². The first kappa shape index (κ1) is 15.0. The van der Waals surface area contributed by atoms with Crippen molar-refractivity contribution >= 4 is 33.3 Å². The number of carbonyl (C=O) groups is 1. The molecular weight excluding hydrogens is 304 g/mol. The Kier molecular flexibility index (Phi) is 4.17. The molecule has 2 rings (SSSR count). The Labute approximate surface area is 122 Å². The summed E-state index contributed by atoms with van der Waals surface area (Å²) in [6.07, 6.45) is 1.16. The van der Waals surface area contributed by atoms with Gasteiger partial charge in [0.2, 0.25) is 10.0 Å². The molecule has 1 amide bonds. The van der Waals surface area contributed by atoms with Crippen LogP contribution in [0.1, 0.15) is 10.4 Å². The Morgan fingerprint density at radius 3 is 2.40 bits per heavy atom. The molecule has 1 aliphatic heterocycles. The van der Waals surface area contributed by atoms with E-state index in [9.17, 15) is 13.2 Å². The van der Waals surface area contributed by atoms with Gasteiger partial charge in [0.05, 0.1) is 6.26 Å². The second kappa shape index (κ2) is 5.55. The first-order valence-corrected chi connectivity index (χ1v) is 8.17. The Balaban J connectivity index is 2.09. The van der Waals surface area contributed by atoms with Gasteiger partial charge in [-0.15, -0.1) is 0 Å². The van der Waals surface area contributed by atoms with Gasteiger partial charge in [0.1, 0.15) is 11.0 Å². The largest absolute Gasteiger partial charge is 0.384 e. The fourth-order valence-electron chi connectivity index (χ4n) is 2.05. The molecule has 1 aliphatic rings. The number of halogens is 1. The number of hydrogen-bond acceptors (Lipinski definition) is 5. The molecule has 2 heterocycles. The number of nitrogen functional groups attached to an aromatic ring is 1. The van der Waals surface area contributed by atoms with Crippen molar-refractivity contribution in [2.75, 3.05) is 38.2 Å². The van der Waals surface area contributed by atoms with Crippen molar-refractivity contribution in [1.82, 2.24) is 14.2 Å². The molecule has 0 atom stereocenters. The molecule has 0 aromatic carbocycles. The monoisotopic (exact) mass is 318 g/mol. The summed E-state index contributed by atoms with van der Waals surface area (Å²) >= 11 is 5.77. The number of sulfonamides is 1. The van der Waals surface area contributed by atoms with Crippen molar-refractivity contribution in [3.8, 4) is 0 Å². The van der Waals surface area contributed by atoms with E-state index in [2.05, 4.69) is 4.98 Å². The van der Waals surface area contributed by atoms with Crippen molar-refractivity contribution < 1.29 is 13.2 Å². The number of aromatic nitrogens is 1. The summed E-state index contributed by atoms with van der Waals surface area (Å²) in [7, 11) is -3.21. The Hall–Kier alpha value is -1.38. The molecule has 1 aromatic heterocycles. The molecule has 0 aliphatic carbocycles. The first-order chi connectivity index (χ1) is 9.27. The van der Waals surface area contributed by atoms with Gasteiger partial charge in [-0.3, -0.25) is 4.79 Å². The average Bonchev–Trinajstić information content (AvgIpc) is 2.36. The van der Waals surface area contributed by atoms with Crippen molar-refractivity contribution in [2.45, 2.75) is 0 Å². The standard InChI is InChI=1S/C11H15ClN4O3S/c1-20(18,19)16-4-2-15(3-5-16)11(17)8-6-9(12)14-10(13)7-8/h6-7H,2-5H2,1H3,(H2,13,14). The number of piperazine rings is 1. The fraction of sp³-hybridized carbons (Fsp3) is 0.455. The van der Waals surface area contributed by atoms with E-state index in [-0.39, 0.29) is 16.9 Å². The lowest BCUT2D eigenvalue weighted by Gasteiger charge is -2.33. The highest BCUT2D eigenvalue weighted by Crippen LogP contribution is 2.16. The van der Waals surface area contributed by atoms with Crippen LogP contribution in [0.2, 0.25) is 5.15 Å². The van der Waals surface area contributed by atoms with Gasteiger partial charge in [-0.2, -0.15) is 4.31 Å². The van der Waals surface area contributed by atoms with E-state index < -0.39 is 10.0 Å². The van der Waals surface area contributed by atoms with Crippen LogP contribution in [0.25, 0.3) is 0 Å². The highest BCUT2D eigenvalue weighted by atomic mass is 35.5. The maximum absolute atomic E-state index is 12.3. The molecule has 0 spiro atoms. The van der Waals surface area contributed by atoms with Gasteiger partial charge in [0.15, 0.2) is 0 Å². The van der Waals surface area contributed by atoms with Crippen LogP contribution >= 0.6 is 11.6 Å². The normalized spacial score (nSPS) is 17.2. The molecule has 20 heavy (non-hydrogen) atoms. The van der Waals surface area contributed by atoms with Crippen LogP contribution in [0.4, 0.5) is 5.82 Å². The van der Waals surface area contributed by atoms with Gasteiger partial charge in [0, 0.05) is 31.7 Å². The van der Waals surface area contributed by atoms with Gasteiger partial charge >= 0.3 is 0 Å². The zero-order valence-electron chi connectivity index (χ0n) is 10.9. The Bertz CT molecular complexity index is 606. The van der Waals surface area contributed by atoms with Crippen LogP contribution in [0.15, 0.2) is 12.1 Å². The summed E-state index contributed by atoms with van der Waals surface area (Å²) in [6.45, 7) is 1.26. The van der Waals surface area contributed by atoms with E-state index in [0.717, 1.165) is 6.26 Å². The van der Waals surface area contributed by atoms with Gasteiger partial charge in [-0.05, 0) is 12.1 Å².